The molecule has 0 N–H and O–H groups in total. The number of hydrogen-bond acceptors (Lipinski definition) is 2. The van der Waals surface area contributed by atoms with Crippen molar-refractivity contribution in [3.8, 4) is 28.0 Å². The fraction of sp³-hybridized carbons (Fsp3) is 0.394. The Labute approximate surface area is 224 Å². The minimum absolute atomic E-state index is 0.0406. The van der Waals surface area contributed by atoms with Gasteiger partial charge in [-0.3, -0.25) is 0 Å². The Morgan fingerprint density at radius 3 is 2.26 bits per heavy atom. The maximum absolute atomic E-state index is 15.0. The number of ether oxygens (including phenoxy) is 2. The molecule has 5 heteroatoms. The van der Waals surface area contributed by atoms with E-state index in [0.29, 0.717) is 24.3 Å². The summed E-state index contributed by atoms with van der Waals surface area (Å²) in [5.74, 6) is -2.17. The first-order valence-electron chi connectivity index (χ1n) is 13.8. The second-order valence-corrected chi connectivity index (χ2v) is 9.99. The molecule has 3 aromatic carbocycles. The molecule has 2 nitrogen and oxygen atoms in total. The van der Waals surface area contributed by atoms with E-state index in [9.17, 15) is 8.78 Å². The fourth-order valence-corrected chi connectivity index (χ4v) is 5.02. The van der Waals surface area contributed by atoms with Gasteiger partial charge in [0.15, 0.2) is 11.6 Å². The van der Waals surface area contributed by atoms with Gasteiger partial charge in [0.1, 0.15) is 5.82 Å². The van der Waals surface area contributed by atoms with Gasteiger partial charge in [0, 0.05) is 11.5 Å². The van der Waals surface area contributed by atoms with Crippen molar-refractivity contribution in [3.63, 3.8) is 0 Å². The molecule has 0 aromatic heterocycles. The van der Waals surface area contributed by atoms with Crippen molar-refractivity contribution < 1.29 is 22.6 Å². The van der Waals surface area contributed by atoms with Crippen LogP contribution in [0.2, 0.25) is 0 Å². The van der Waals surface area contributed by atoms with Gasteiger partial charge in [-0.05, 0) is 66.6 Å². The Hall–Kier alpha value is -3.05. The smallest absolute Gasteiger partial charge is 0.201 e. The van der Waals surface area contributed by atoms with Gasteiger partial charge < -0.3 is 9.47 Å². The summed E-state index contributed by atoms with van der Waals surface area (Å²) in [5, 5.41) is 0. The largest absolute Gasteiger partial charge is 0.490 e. The lowest BCUT2D eigenvalue weighted by molar-refractivity contribution is 0.0319. The molecular formula is C33H37F3O2. The average Bonchev–Trinajstić information content (AvgIpc) is 2.94. The quantitative estimate of drug-likeness (QED) is 0.184. The van der Waals surface area contributed by atoms with Gasteiger partial charge in [-0.2, -0.15) is 4.39 Å². The molecule has 2 atom stereocenters. The topological polar surface area (TPSA) is 18.5 Å². The van der Waals surface area contributed by atoms with Crippen molar-refractivity contribution in [2.45, 2.75) is 70.8 Å². The van der Waals surface area contributed by atoms with Gasteiger partial charge in [0.05, 0.1) is 19.3 Å². The SMILES string of the molecule is C/C=C/C1CCC(c2ccc(-c3ccc(-c4ccc(OCCCCCCC)c(F)c4F)cc3)cc2F)CO1. The van der Waals surface area contributed by atoms with E-state index in [1.54, 1.807) is 30.3 Å². The molecule has 0 spiro atoms. The molecule has 4 rings (SSSR count). The highest BCUT2D eigenvalue weighted by Gasteiger charge is 2.24. The summed E-state index contributed by atoms with van der Waals surface area (Å²) in [7, 11) is 0. The van der Waals surface area contributed by atoms with E-state index >= 15 is 4.39 Å². The standard InChI is InChI=1S/C33H37F3O2/c1-3-5-6-7-8-20-37-31-19-18-29(32(35)33(31)36)24-12-10-23(11-13-24)25-15-17-28(30(34)21-25)26-14-16-27(9-4-2)38-22-26/h4,9-13,15,17-19,21,26-27H,3,5-8,14,16,20,22H2,1-2H3/b9-4+. The number of unbranched alkanes of at least 4 members (excludes halogenated alkanes) is 4. The molecule has 0 bridgehead atoms. The number of halogens is 3. The first kappa shape index (κ1) is 28.0. The third-order valence-corrected chi connectivity index (χ3v) is 7.24. The van der Waals surface area contributed by atoms with E-state index in [1.165, 1.54) is 18.6 Å². The second kappa shape index (κ2) is 13.7. The van der Waals surface area contributed by atoms with Crippen molar-refractivity contribution in [2.75, 3.05) is 13.2 Å². The van der Waals surface area contributed by atoms with Crippen LogP contribution < -0.4 is 4.74 Å². The van der Waals surface area contributed by atoms with Gasteiger partial charge in [-0.1, -0.05) is 81.2 Å². The highest BCUT2D eigenvalue weighted by Crippen LogP contribution is 2.34. The Morgan fingerprint density at radius 1 is 0.842 bits per heavy atom. The molecule has 0 radical (unpaired) electrons. The molecule has 1 heterocycles. The molecule has 0 aliphatic carbocycles. The van der Waals surface area contributed by atoms with Crippen molar-refractivity contribution in [2.24, 2.45) is 0 Å². The van der Waals surface area contributed by atoms with E-state index in [2.05, 4.69) is 6.92 Å². The minimum Gasteiger partial charge on any atom is -0.490 e. The third-order valence-electron chi connectivity index (χ3n) is 7.24. The van der Waals surface area contributed by atoms with E-state index in [0.717, 1.165) is 49.7 Å². The Bertz CT molecular complexity index is 1210. The van der Waals surface area contributed by atoms with Crippen LogP contribution in [0.3, 0.4) is 0 Å². The zero-order chi connectivity index (χ0) is 26.9. The first-order chi connectivity index (χ1) is 18.5. The number of rotatable bonds is 11. The normalized spacial score (nSPS) is 17.7. The fourth-order valence-electron chi connectivity index (χ4n) is 5.02. The highest BCUT2D eigenvalue weighted by molar-refractivity contribution is 5.71. The van der Waals surface area contributed by atoms with Crippen LogP contribution in [0.15, 0.2) is 66.7 Å². The second-order valence-electron chi connectivity index (χ2n) is 9.99. The first-order valence-corrected chi connectivity index (χ1v) is 13.8. The van der Waals surface area contributed by atoms with E-state index in [4.69, 9.17) is 9.47 Å². The monoisotopic (exact) mass is 522 g/mol. The maximum Gasteiger partial charge on any atom is 0.201 e. The zero-order valence-electron chi connectivity index (χ0n) is 22.3. The van der Waals surface area contributed by atoms with E-state index < -0.39 is 11.6 Å². The third kappa shape index (κ3) is 6.87. The van der Waals surface area contributed by atoms with Crippen LogP contribution in [0.1, 0.15) is 70.3 Å². The van der Waals surface area contributed by atoms with Crippen molar-refractivity contribution in [3.05, 3.63) is 89.8 Å². The van der Waals surface area contributed by atoms with Crippen LogP contribution in [-0.2, 0) is 4.74 Å². The van der Waals surface area contributed by atoms with Crippen LogP contribution in [-0.4, -0.2) is 19.3 Å². The molecule has 202 valence electrons. The zero-order valence-corrected chi connectivity index (χ0v) is 22.3. The summed E-state index contributed by atoms with van der Waals surface area (Å²) in [6.45, 7) is 4.99. The highest BCUT2D eigenvalue weighted by atomic mass is 19.2. The average molecular weight is 523 g/mol. The molecular weight excluding hydrogens is 485 g/mol. The Kier molecular flexibility index (Phi) is 10.1. The minimum atomic E-state index is -0.971. The molecule has 2 unspecified atom stereocenters. The Morgan fingerprint density at radius 2 is 1.58 bits per heavy atom. The van der Waals surface area contributed by atoms with Gasteiger partial charge in [0.2, 0.25) is 5.82 Å². The van der Waals surface area contributed by atoms with Crippen molar-refractivity contribution >= 4 is 0 Å². The predicted octanol–water partition coefficient (Wildman–Crippen LogP) is 9.63. The molecule has 1 saturated heterocycles. The molecule has 0 saturated carbocycles. The van der Waals surface area contributed by atoms with Crippen LogP contribution >= 0.6 is 0 Å². The summed E-state index contributed by atoms with van der Waals surface area (Å²) in [6.07, 6.45) is 11.2. The number of allylic oxidation sites excluding steroid dienone is 1. The molecule has 38 heavy (non-hydrogen) atoms. The molecule has 3 aromatic rings. The molecule has 1 fully saturated rings. The number of benzene rings is 3. The predicted molar refractivity (Wildman–Crippen MR) is 148 cm³/mol. The molecule has 1 aliphatic rings. The van der Waals surface area contributed by atoms with Gasteiger partial charge in [-0.25, -0.2) is 8.78 Å². The maximum atomic E-state index is 15.0. The van der Waals surface area contributed by atoms with Crippen LogP contribution in [0.4, 0.5) is 13.2 Å². The summed E-state index contributed by atoms with van der Waals surface area (Å²) in [5.41, 5.74) is 2.92. The lowest BCUT2D eigenvalue weighted by Gasteiger charge is -2.28. The summed E-state index contributed by atoms with van der Waals surface area (Å²) in [6, 6.07) is 15.4. The number of hydrogen-bond donors (Lipinski definition) is 0. The molecule has 1 aliphatic heterocycles. The van der Waals surface area contributed by atoms with Crippen LogP contribution in [0.25, 0.3) is 22.3 Å². The van der Waals surface area contributed by atoms with Crippen LogP contribution in [0.5, 0.6) is 5.75 Å². The van der Waals surface area contributed by atoms with E-state index in [-0.39, 0.29) is 29.2 Å². The summed E-state index contributed by atoms with van der Waals surface area (Å²) < 4.78 is 55.9. The van der Waals surface area contributed by atoms with Crippen LogP contribution in [0, 0.1) is 17.5 Å². The lowest BCUT2D eigenvalue weighted by Crippen LogP contribution is -2.23. The summed E-state index contributed by atoms with van der Waals surface area (Å²) in [4.78, 5) is 0. The summed E-state index contributed by atoms with van der Waals surface area (Å²) >= 11 is 0. The van der Waals surface area contributed by atoms with Crippen molar-refractivity contribution in [1.29, 1.82) is 0 Å². The van der Waals surface area contributed by atoms with Crippen molar-refractivity contribution in [1.82, 2.24) is 0 Å². The van der Waals surface area contributed by atoms with Gasteiger partial charge in [0.25, 0.3) is 0 Å². The van der Waals surface area contributed by atoms with E-state index in [1.807, 2.05) is 31.2 Å². The molecule has 0 amide bonds. The van der Waals surface area contributed by atoms with Gasteiger partial charge >= 0.3 is 0 Å². The lowest BCUT2D eigenvalue weighted by atomic mass is 9.89. The van der Waals surface area contributed by atoms with Gasteiger partial charge in [-0.15, -0.1) is 0 Å². The Balaban J connectivity index is 1.41.